The first kappa shape index (κ1) is 21.1. The van der Waals surface area contributed by atoms with Gasteiger partial charge in [-0.05, 0) is 54.8 Å². The van der Waals surface area contributed by atoms with Gasteiger partial charge in [0.1, 0.15) is 5.75 Å². The number of hydrogen-bond donors (Lipinski definition) is 1. The number of likely N-dealkylation sites (tertiary alicyclic amines) is 1. The molecule has 1 fully saturated rings. The van der Waals surface area contributed by atoms with Gasteiger partial charge in [0.15, 0.2) is 9.84 Å². The average molecular weight is 424 g/mol. The number of hydrogen-bond acceptors (Lipinski definition) is 5. The van der Waals surface area contributed by atoms with Crippen molar-refractivity contribution in [1.29, 1.82) is 0 Å². The van der Waals surface area contributed by atoms with E-state index in [1.54, 1.807) is 24.3 Å². The summed E-state index contributed by atoms with van der Waals surface area (Å²) in [6.45, 7) is 2.93. The van der Waals surface area contributed by atoms with Crippen LogP contribution in [0.15, 0.2) is 53.4 Å². The number of piperidine rings is 1. The Balaban J connectivity index is 1.51. The van der Waals surface area contributed by atoms with Crippen LogP contribution >= 0.6 is 11.6 Å². The molecule has 0 radical (unpaired) electrons. The largest absolute Gasteiger partial charge is 0.493 e. The lowest BCUT2D eigenvalue weighted by molar-refractivity contribution is 0.00592. The number of nitrogens with zero attached hydrogens (tertiary/aromatic N) is 1. The van der Waals surface area contributed by atoms with Gasteiger partial charge in [-0.15, -0.1) is 0 Å². The predicted octanol–water partition coefficient (Wildman–Crippen LogP) is 3.05. The molecule has 7 heteroatoms. The molecule has 1 heterocycles. The SMILES string of the molecule is CS(=O)(=O)c1ccc(OC[C@H]2CN(CCc3cccc(Cl)c3)CC[C@@H]2O)cc1. The summed E-state index contributed by atoms with van der Waals surface area (Å²) in [6.07, 6.45) is 2.42. The van der Waals surface area contributed by atoms with Crippen molar-refractivity contribution in [3.8, 4) is 5.75 Å². The lowest BCUT2D eigenvalue weighted by Crippen LogP contribution is -2.46. The topological polar surface area (TPSA) is 66.8 Å². The van der Waals surface area contributed by atoms with E-state index in [0.29, 0.717) is 12.4 Å². The maximum Gasteiger partial charge on any atom is 0.175 e. The van der Waals surface area contributed by atoms with Crippen molar-refractivity contribution in [3.05, 3.63) is 59.1 Å². The van der Waals surface area contributed by atoms with E-state index in [2.05, 4.69) is 11.0 Å². The first-order valence-corrected chi connectivity index (χ1v) is 11.7. The van der Waals surface area contributed by atoms with Crippen molar-refractivity contribution in [2.24, 2.45) is 5.92 Å². The molecule has 0 unspecified atom stereocenters. The zero-order chi connectivity index (χ0) is 20.1. The van der Waals surface area contributed by atoms with Gasteiger partial charge in [0.25, 0.3) is 0 Å². The molecule has 0 bridgehead atoms. The summed E-state index contributed by atoms with van der Waals surface area (Å²) in [4.78, 5) is 2.61. The Morgan fingerprint density at radius 3 is 2.64 bits per heavy atom. The smallest absolute Gasteiger partial charge is 0.175 e. The quantitative estimate of drug-likeness (QED) is 0.741. The Morgan fingerprint density at radius 2 is 1.96 bits per heavy atom. The third kappa shape index (κ3) is 5.95. The van der Waals surface area contributed by atoms with Gasteiger partial charge in [-0.3, -0.25) is 0 Å². The van der Waals surface area contributed by atoms with Gasteiger partial charge < -0.3 is 14.7 Å². The number of sulfone groups is 1. The fourth-order valence-electron chi connectivity index (χ4n) is 3.43. The summed E-state index contributed by atoms with van der Waals surface area (Å²) < 4.78 is 28.9. The Morgan fingerprint density at radius 1 is 1.21 bits per heavy atom. The Kier molecular flexibility index (Phi) is 6.99. The zero-order valence-electron chi connectivity index (χ0n) is 15.9. The van der Waals surface area contributed by atoms with Crippen LogP contribution in [-0.4, -0.2) is 57.0 Å². The molecule has 2 atom stereocenters. The molecule has 0 saturated carbocycles. The highest BCUT2D eigenvalue weighted by Crippen LogP contribution is 2.21. The minimum Gasteiger partial charge on any atom is -0.493 e. The van der Waals surface area contributed by atoms with Gasteiger partial charge >= 0.3 is 0 Å². The van der Waals surface area contributed by atoms with Crippen molar-refractivity contribution in [3.63, 3.8) is 0 Å². The highest BCUT2D eigenvalue weighted by Gasteiger charge is 2.28. The second-order valence-corrected chi connectivity index (χ2v) is 9.80. The molecule has 0 aliphatic carbocycles. The molecule has 28 heavy (non-hydrogen) atoms. The predicted molar refractivity (Wildman–Crippen MR) is 111 cm³/mol. The summed E-state index contributed by atoms with van der Waals surface area (Å²) in [5, 5.41) is 11.1. The molecule has 5 nitrogen and oxygen atoms in total. The Bertz CT molecular complexity index is 886. The third-order valence-corrected chi connectivity index (χ3v) is 6.46. The monoisotopic (exact) mass is 423 g/mol. The van der Waals surface area contributed by atoms with Gasteiger partial charge in [-0.1, -0.05) is 23.7 Å². The number of benzene rings is 2. The second-order valence-electron chi connectivity index (χ2n) is 7.35. The molecule has 152 valence electrons. The van der Waals surface area contributed by atoms with Crippen LogP contribution in [0.2, 0.25) is 5.02 Å². The molecular formula is C21H26ClNO4S. The van der Waals surface area contributed by atoms with Gasteiger partial charge in [0.05, 0.1) is 17.6 Å². The van der Waals surface area contributed by atoms with Crippen LogP contribution in [0.1, 0.15) is 12.0 Å². The first-order chi connectivity index (χ1) is 13.3. The molecule has 0 aromatic heterocycles. The van der Waals surface area contributed by atoms with E-state index < -0.39 is 15.9 Å². The van der Waals surface area contributed by atoms with E-state index >= 15 is 0 Å². The normalized spacial score (nSPS) is 20.8. The summed E-state index contributed by atoms with van der Waals surface area (Å²) in [7, 11) is -3.21. The molecule has 1 N–H and O–H groups in total. The molecule has 2 aromatic rings. The fraction of sp³-hybridized carbons (Fsp3) is 0.429. The Labute approximate surface area is 171 Å². The van der Waals surface area contributed by atoms with Crippen LogP contribution in [-0.2, 0) is 16.3 Å². The highest BCUT2D eigenvalue weighted by molar-refractivity contribution is 7.90. The molecule has 0 amide bonds. The van der Waals surface area contributed by atoms with Crippen molar-refractivity contribution in [1.82, 2.24) is 4.90 Å². The maximum absolute atomic E-state index is 11.5. The number of ether oxygens (including phenoxy) is 1. The van der Waals surface area contributed by atoms with E-state index in [1.807, 2.05) is 18.2 Å². The van der Waals surface area contributed by atoms with Crippen molar-refractivity contribution >= 4 is 21.4 Å². The number of halogens is 1. The summed E-state index contributed by atoms with van der Waals surface area (Å²) in [6, 6.07) is 14.3. The second kappa shape index (κ2) is 9.27. The number of aliphatic hydroxyl groups excluding tert-OH is 1. The van der Waals surface area contributed by atoms with Crippen molar-refractivity contribution in [2.75, 3.05) is 32.5 Å². The van der Waals surface area contributed by atoms with Gasteiger partial charge in [-0.2, -0.15) is 0 Å². The van der Waals surface area contributed by atoms with E-state index in [9.17, 15) is 13.5 Å². The summed E-state index contributed by atoms with van der Waals surface area (Å²) in [5.41, 5.74) is 1.21. The molecule has 1 saturated heterocycles. The lowest BCUT2D eigenvalue weighted by Gasteiger charge is -2.36. The molecule has 3 rings (SSSR count). The Hall–Kier alpha value is -1.60. The third-order valence-electron chi connectivity index (χ3n) is 5.10. The minimum atomic E-state index is -3.21. The number of aliphatic hydroxyl groups is 1. The first-order valence-electron chi connectivity index (χ1n) is 9.39. The molecular weight excluding hydrogens is 398 g/mol. The molecule has 0 spiro atoms. The number of rotatable bonds is 7. The van der Waals surface area contributed by atoms with E-state index in [0.717, 1.165) is 37.5 Å². The van der Waals surface area contributed by atoms with Crippen LogP contribution in [0.4, 0.5) is 0 Å². The van der Waals surface area contributed by atoms with E-state index in [-0.39, 0.29) is 10.8 Å². The van der Waals surface area contributed by atoms with Crippen molar-refractivity contribution in [2.45, 2.75) is 23.8 Å². The van der Waals surface area contributed by atoms with Crippen molar-refractivity contribution < 1.29 is 18.3 Å². The van der Waals surface area contributed by atoms with Gasteiger partial charge in [0, 0.05) is 36.8 Å². The average Bonchev–Trinajstić information content (AvgIpc) is 2.66. The van der Waals surface area contributed by atoms with Crippen LogP contribution in [0.5, 0.6) is 5.75 Å². The summed E-state index contributed by atoms with van der Waals surface area (Å²) in [5.74, 6) is 0.623. The van der Waals surface area contributed by atoms with E-state index in [4.69, 9.17) is 16.3 Å². The van der Waals surface area contributed by atoms with Crippen LogP contribution < -0.4 is 4.74 Å². The fourth-order valence-corrected chi connectivity index (χ4v) is 4.27. The zero-order valence-corrected chi connectivity index (χ0v) is 17.5. The molecule has 1 aliphatic rings. The van der Waals surface area contributed by atoms with Gasteiger partial charge in [0.2, 0.25) is 0 Å². The van der Waals surface area contributed by atoms with E-state index in [1.165, 1.54) is 11.8 Å². The minimum absolute atomic E-state index is 0.0164. The van der Waals surface area contributed by atoms with Crippen LogP contribution in [0.3, 0.4) is 0 Å². The summed E-state index contributed by atoms with van der Waals surface area (Å²) >= 11 is 6.05. The maximum atomic E-state index is 11.5. The molecule has 1 aliphatic heterocycles. The van der Waals surface area contributed by atoms with Gasteiger partial charge in [-0.25, -0.2) is 8.42 Å². The molecule has 2 aromatic carbocycles. The lowest BCUT2D eigenvalue weighted by atomic mass is 9.95. The highest BCUT2D eigenvalue weighted by atomic mass is 35.5. The standard InChI is InChI=1S/C21H26ClNO4S/c1-28(25,26)20-7-5-19(6-8-20)27-15-17-14-23(12-10-21(17)24)11-9-16-3-2-4-18(22)13-16/h2-8,13,17,21,24H,9-12,14-15H2,1H3/t17-,21+/m1/s1. The van der Waals surface area contributed by atoms with Crippen LogP contribution in [0.25, 0.3) is 0 Å². The van der Waals surface area contributed by atoms with Crippen LogP contribution in [0, 0.1) is 5.92 Å².